The van der Waals surface area contributed by atoms with Gasteiger partial charge in [0.1, 0.15) is 5.75 Å². The number of aryl methyl sites for hydroxylation is 1. The number of hydrogen-bond donors (Lipinski definition) is 1. The van der Waals surface area contributed by atoms with Gasteiger partial charge < -0.3 is 10.1 Å². The first-order valence-corrected chi connectivity index (χ1v) is 11.3. The first-order valence-electron chi connectivity index (χ1n) is 10.5. The maximum atomic E-state index is 12.9. The summed E-state index contributed by atoms with van der Waals surface area (Å²) in [5.74, 6) is 1.07. The first kappa shape index (κ1) is 22.9. The van der Waals surface area contributed by atoms with Crippen molar-refractivity contribution >= 4 is 29.1 Å². The lowest BCUT2D eigenvalue weighted by molar-refractivity contribution is -0.127. The summed E-state index contributed by atoms with van der Waals surface area (Å²) in [6.07, 6.45) is 2.57. The number of benzene rings is 2. The Morgan fingerprint density at radius 1 is 1.20 bits per heavy atom. The summed E-state index contributed by atoms with van der Waals surface area (Å²) in [6.45, 7) is 6.68. The molecular weight excluding hydrogens is 419 g/mol. The molecule has 1 aliphatic rings. The molecule has 1 N–H and O–H groups in total. The second-order valence-corrected chi connectivity index (χ2v) is 8.83. The Morgan fingerprint density at radius 3 is 2.53 bits per heavy atom. The monoisotopic (exact) mass is 448 g/mol. The highest BCUT2D eigenvalue weighted by atomic mass is 35.5. The number of nitrogens with zero attached hydrogens (tertiary/aromatic N) is 1. The Hall–Kier alpha value is -1.75. The number of carbonyl (C=O) groups is 1. The zero-order valence-electron chi connectivity index (χ0n) is 17.9. The van der Waals surface area contributed by atoms with E-state index in [-0.39, 0.29) is 17.9 Å². The summed E-state index contributed by atoms with van der Waals surface area (Å²) in [4.78, 5) is 15.3. The van der Waals surface area contributed by atoms with Gasteiger partial charge in [0.25, 0.3) is 0 Å². The van der Waals surface area contributed by atoms with Crippen molar-refractivity contribution in [2.24, 2.45) is 5.92 Å². The molecule has 2 aromatic carbocycles. The summed E-state index contributed by atoms with van der Waals surface area (Å²) < 4.78 is 5.35. The van der Waals surface area contributed by atoms with Crippen LogP contribution >= 0.6 is 23.2 Å². The van der Waals surface area contributed by atoms with E-state index in [1.54, 1.807) is 13.2 Å². The lowest BCUT2D eigenvalue weighted by Gasteiger charge is -2.32. The van der Waals surface area contributed by atoms with Crippen LogP contribution in [0.25, 0.3) is 0 Å². The normalized spacial score (nSPS) is 16.3. The van der Waals surface area contributed by atoms with E-state index in [0.717, 1.165) is 61.3 Å². The second kappa shape index (κ2) is 10.5. The van der Waals surface area contributed by atoms with Gasteiger partial charge in [-0.05, 0) is 74.2 Å². The van der Waals surface area contributed by atoms with Crippen molar-refractivity contribution in [3.63, 3.8) is 0 Å². The molecule has 3 rings (SSSR count). The van der Waals surface area contributed by atoms with Crippen molar-refractivity contribution in [3.8, 4) is 5.75 Å². The van der Waals surface area contributed by atoms with Crippen LogP contribution in [0.15, 0.2) is 36.4 Å². The number of carbonyl (C=O) groups excluding carboxylic acids is 1. The number of rotatable bonds is 7. The molecule has 162 valence electrons. The van der Waals surface area contributed by atoms with Crippen molar-refractivity contribution in [2.75, 3.05) is 20.2 Å². The summed E-state index contributed by atoms with van der Waals surface area (Å²) in [6, 6.07) is 11.8. The van der Waals surface area contributed by atoms with Crippen LogP contribution in [0.5, 0.6) is 5.75 Å². The molecule has 1 saturated heterocycles. The smallest absolute Gasteiger partial charge is 0.223 e. The zero-order chi connectivity index (χ0) is 21.7. The molecule has 1 amide bonds. The molecule has 1 atom stereocenters. The predicted molar refractivity (Wildman–Crippen MR) is 123 cm³/mol. The third-order valence-electron chi connectivity index (χ3n) is 5.91. The summed E-state index contributed by atoms with van der Waals surface area (Å²) in [7, 11) is 1.67. The zero-order valence-corrected chi connectivity index (χ0v) is 19.4. The molecule has 0 saturated carbocycles. The molecule has 1 unspecified atom stereocenters. The quantitative estimate of drug-likeness (QED) is 0.582. The maximum Gasteiger partial charge on any atom is 0.223 e. The Morgan fingerprint density at radius 2 is 1.93 bits per heavy atom. The van der Waals surface area contributed by atoms with Crippen molar-refractivity contribution in [2.45, 2.75) is 45.7 Å². The Bertz CT molecular complexity index is 880. The third-order valence-corrected chi connectivity index (χ3v) is 6.50. The summed E-state index contributed by atoms with van der Waals surface area (Å²) in [5, 5.41) is 4.61. The predicted octanol–water partition coefficient (Wildman–Crippen LogP) is 5.79. The van der Waals surface area contributed by atoms with Gasteiger partial charge in [-0.2, -0.15) is 0 Å². The van der Waals surface area contributed by atoms with Crippen molar-refractivity contribution in [1.82, 2.24) is 10.2 Å². The fraction of sp³-hybridized carbons (Fsp3) is 0.458. The number of amides is 1. The highest BCUT2D eigenvalue weighted by Gasteiger charge is 2.27. The van der Waals surface area contributed by atoms with Crippen molar-refractivity contribution in [3.05, 3.63) is 63.1 Å². The minimum Gasteiger partial charge on any atom is -0.496 e. The standard InChI is InChI=1S/C24H30Cl2N2O2/c1-4-22(18-6-8-23(30-3)16(2)13-18)27-24(29)17-9-11-28(12-10-17)15-19-5-7-20(25)14-21(19)26/h5-8,13-14,17,22H,4,9-12,15H2,1-3H3,(H,27,29). The third kappa shape index (κ3) is 5.69. The van der Waals surface area contributed by atoms with Crippen LogP contribution in [0.4, 0.5) is 0 Å². The van der Waals surface area contributed by atoms with Crippen LogP contribution in [0.3, 0.4) is 0 Å². The highest BCUT2D eigenvalue weighted by Crippen LogP contribution is 2.27. The first-order chi connectivity index (χ1) is 14.4. The van der Waals surface area contributed by atoms with Crippen LogP contribution in [0.2, 0.25) is 10.0 Å². The van der Waals surface area contributed by atoms with Gasteiger partial charge in [-0.3, -0.25) is 9.69 Å². The molecule has 2 aromatic rings. The van der Waals surface area contributed by atoms with Gasteiger partial charge >= 0.3 is 0 Å². The number of hydrogen-bond acceptors (Lipinski definition) is 3. The van der Waals surface area contributed by atoms with Crippen LogP contribution < -0.4 is 10.1 Å². The minimum absolute atomic E-state index is 0.0213. The van der Waals surface area contributed by atoms with E-state index in [1.165, 1.54) is 0 Å². The number of nitrogens with one attached hydrogen (secondary N) is 1. The van der Waals surface area contributed by atoms with Crippen LogP contribution in [-0.4, -0.2) is 31.0 Å². The van der Waals surface area contributed by atoms with Gasteiger partial charge in [-0.25, -0.2) is 0 Å². The van der Waals surface area contributed by atoms with Gasteiger partial charge in [0.2, 0.25) is 5.91 Å². The summed E-state index contributed by atoms with van der Waals surface area (Å²) in [5.41, 5.74) is 3.28. The molecule has 6 heteroatoms. The van der Waals surface area contributed by atoms with Gasteiger partial charge in [0, 0.05) is 22.5 Å². The van der Waals surface area contributed by atoms with Crippen molar-refractivity contribution in [1.29, 1.82) is 0 Å². The van der Waals surface area contributed by atoms with Crippen LogP contribution in [-0.2, 0) is 11.3 Å². The fourth-order valence-electron chi connectivity index (χ4n) is 4.07. The molecule has 30 heavy (non-hydrogen) atoms. The van der Waals surface area contributed by atoms with Gasteiger partial charge in [0.15, 0.2) is 0 Å². The lowest BCUT2D eigenvalue weighted by Crippen LogP contribution is -2.41. The fourth-order valence-corrected chi connectivity index (χ4v) is 4.54. The SMILES string of the molecule is CCC(NC(=O)C1CCN(Cc2ccc(Cl)cc2Cl)CC1)c1ccc(OC)c(C)c1. The minimum atomic E-state index is 0.0213. The molecule has 0 radical (unpaired) electrons. The van der Waals surface area contributed by atoms with Gasteiger partial charge in [0.05, 0.1) is 13.2 Å². The molecule has 4 nitrogen and oxygen atoms in total. The van der Waals surface area contributed by atoms with Crippen LogP contribution in [0, 0.1) is 12.8 Å². The van der Waals surface area contributed by atoms with Gasteiger partial charge in [-0.1, -0.05) is 48.3 Å². The molecule has 1 aliphatic heterocycles. The highest BCUT2D eigenvalue weighted by molar-refractivity contribution is 6.35. The molecule has 0 bridgehead atoms. The number of halogens is 2. The topological polar surface area (TPSA) is 41.6 Å². The average molecular weight is 449 g/mol. The van der Waals surface area contributed by atoms with E-state index in [0.29, 0.717) is 10.0 Å². The maximum absolute atomic E-state index is 12.9. The van der Waals surface area contributed by atoms with E-state index in [1.807, 2.05) is 31.2 Å². The number of methoxy groups -OCH3 is 1. The average Bonchev–Trinajstić information content (AvgIpc) is 2.74. The molecular formula is C24H30Cl2N2O2. The number of piperidine rings is 1. The molecule has 1 fully saturated rings. The van der Waals surface area contributed by atoms with E-state index < -0.39 is 0 Å². The van der Waals surface area contributed by atoms with Crippen LogP contribution in [0.1, 0.15) is 48.9 Å². The van der Waals surface area contributed by atoms with E-state index >= 15 is 0 Å². The lowest BCUT2D eigenvalue weighted by atomic mass is 9.94. The summed E-state index contributed by atoms with van der Waals surface area (Å²) >= 11 is 12.3. The molecule has 1 heterocycles. The van der Waals surface area contributed by atoms with Gasteiger partial charge in [-0.15, -0.1) is 0 Å². The van der Waals surface area contributed by atoms with E-state index in [2.05, 4.69) is 23.2 Å². The Balaban J connectivity index is 1.54. The Kier molecular flexibility index (Phi) is 8.04. The number of ether oxygens (including phenoxy) is 1. The molecule has 0 aliphatic carbocycles. The van der Waals surface area contributed by atoms with E-state index in [9.17, 15) is 4.79 Å². The molecule has 0 spiro atoms. The largest absolute Gasteiger partial charge is 0.496 e. The second-order valence-electron chi connectivity index (χ2n) is 7.98. The molecule has 0 aromatic heterocycles. The van der Waals surface area contributed by atoms with Crippen molar-refractivity contribution < 1.29 is 9.53 Å². The number of likely N-dealkylation sites (tertiary alicyclic amines) is 1. The van der Waals surface area contributed by atoms with E-state index in [4.69, 9.17) is 27.9 Å². The Labute approximate surface area is 189 Å².